The Morgan fingerprint density at radius 3 is 3.05 bits per heavy atom. The number of guanidine groups is 1. The number of morpholine rings is 1. The molecule has 2 heterocycles. The zero-order valence-electron chi connectivity index (χ0n) is 12.8. The minimum atomic E-state index is 0.421. The molecule has 0 radical (unpaired) electrons. The largest absolute Gasteiger partial charge is 0.379 e. The van der Waals surface area contributed by atoms with Crippen molar-refractivity contribution >= 4 is 17.3 Å². The minimum Gasteiger partial charge on any atom is -0.379 e. The highest BCUT2D eigenvalue weighted by atomic mass is 32.1. The molecule has 118 valence electrons. The van der Waals surface area contributed by atoms with Gasteiger partial charge in [-0.15, -0.1) is 0 Å². The minimum absolute atomic E-state index is 0.421. The van der Waals surface area contributed by atoms with Crippen molar-refractivity contribution in [3.05, 3.63) is 22.4 Å². The SMILES string of the molecule is CC(CN=C(N)NCCCN1CCOCC1)c1ccsc1. The molecule has 1 aliphatic heterocycles. The Bertz CT molecular complexity index is 415. The summed E-state index contributed by atoms with van der Waals surface area (Å²) >= 11 is 1.72. The molecule has 1 aromatic rings. The molecule has 1 fully saturated rings. The summed E-state index contributed by atoms with van der Waals surface area (Å²) < 4.78 is 5.33. The molecule has 3 N–H and O–H groups in total. The van der Waals surface area contributed by atoms with Crippen LogP contribution in [0.25, 0.3) is 0 Å². The summed E-state index contributed by atoms with van der Waals surface area (Å²) in [6.45, 7) is 8.68. The van der Waals surface area contributed by atoms with Crippen molar-refractivity contribution in [3.63, 3.8) is 0 Å². The molecule has 0 saturated carbocycles. The highest BCUT2D eigenvalue weighted by Crippen LogP contribution is 2.17. The number of ether oxygens (including phenoxy) is 1. The van der Waals surface area contributed by atoms with Gasteiger partial charge in [-0.2, -0.15) is 11.3 Å². The van der Waals surface area contributed by atoms with Crippen molar-refractivity contribution in [3.8, 4) is 0 Å². The average Bonchev–Trinajstić information content (AvgIpc) is 3.05. The van der Waals surface area contributed by atoms with E-state index in [1.165, 1.54) is 5.56 Å². The standard InChI is InChI=1S/C15H26N4OS/c1-13(14-3-10-21-12-14)11-18-15(16)17-4-2-5-19-6-8-20-9-7-19/h3,10,12-13H,2,4-9,11H2,1H3,(H3,16,17,18). The number of rotatable bonds is 7. The van der Waals surface area contributed by atoms with Crippen LogP contribution in [0.15, 0.2) is 21.8 Å². The van der Waals surface area contributed by atoms with Crippen molar-refractivity contribution in [2.24, 2.45) is 10.7 Å². The van der Waals surface area contributed by atoms with Gasteiger partial charge in [-0.3, -0.25) is 9.89 Å². The van der Waals surface area contributed by atoms with E-state index in [9.17, 15) is 0 Å². The van der Waals surface area contributed by atoms with Gasteiger partial charge in [0.05, 0.1) is 13.2 Å². The van der Waals surface area contributed by atoms with E-state index in [4.69, 9.17) is 10.5 Å². The van der Waals surface area contributed by atoms with Gasteiger partial charge in [-0.05, 0) is 35.4 Å². The third-order valence-corrected chi connectivity index (χ3v) is 4.41. The van der Waals surface area contributed by atoms with Gasteiger partial charge >= 0.3 is 0 Å². The zero-order chi connectivity index (χ0) is 14.9. The van der Waals surface area contributed by atoms with E-state index in [0.29, 0.717) is 11.9 Å². The van der Waals surface area contributed by atoms with Gasteiger partial charge < -0.3 is 15.8 Å². The van der Waals surface area contributed by atoms with Gasteiger partial charge in [0.2, 0.25) is 0 Å². The molecule has 1 saturated heterocycles. The fraction of sp³-hybridized carbons (Fsp3) is 0.667. The normalized spacial score (nSPS) is 18.6. The summed E-state index contributed by atoms with van der Waals surface area (Å²) in [4.78, 5) is 6.85. The molecule has 5 nitrogen and oxygen atoms in total. The van der Waals surface area contributed by atoms with Crippen LogP contribution in [0, 0.1) is 0 Å². The number of nitrogens with zero attached hydrogens (tertiary/aromatic N) is 2. The first-order chi connectivity index (χ1) is 10.3. The van der Waals surface area contributed by atoms with E-state index < -0.39 is 0 Å². The maximum atomic E-state index is 5.90. The average molecular weight is 310 g/mol. The lowest BCUT2D eigenvalue weighted by molar-refractivity contribution is 0.0376. The highest BCUT2D eigenvalue weighted by molar-refractivity contribution is 7.07. The molecule has 1 aromatic heterocycles. The predicted octanol–water partition coefficient (Wildman–Crippen LogP) is 1.48. The molecule has 0 bridgehead atoms. The van der Waals surface area contributed by atoms with Crippen molar-refractivity contribution in [2.45, 2.75) is 19.3 Å². The Morgan fingerprint density at radius 1 is 1.52 bits per heavy atom. The molecule has 1 unspecified atom stereocenters. The molecule has 1 atom stereocenters. The van der Waals surface area contributed by atoms with Crippen molar-refractivity contribution in [1.82, 2.24) is 10.2 Å². The summed E-state index contributed by atoms with van der Waals surface area (Å²) in [5.74, 6) is 0.976. The van der Waals surface area contributed by atoms with Crippen molar-refractivity contribution < 1.29 is 4.74 Å². The molecular weight excluding hydrogens is 284 g/mol. The quantitative estimate of drug-likeness (QED) is 0.455. The summed E-state index contributed by atoms with van der Waals surface area (Å²) in [6.07, 6.45) is 1.08. The first kappa shape index (κ1) is 16.3. The summed E-state index contributed by atoms with van der Waals surface area (Å²) in [7, 11) is 0. The van der Waals surface area contributed by atoms with Gasteiger partial charge in [0.15, 0.2) is 5.96 Å². The molecular formula is C15H26N4OS. The molecule has 0 amide bonds. The summed E-state index contributed by atoms with van der Waals surface area (Å²) in [6, 6.07) is 2.15. The van der Waals surface area contributed by atoms with E-state index in [1.54, 1.807) is 11.3 Å². The Labute approximate surface area is 131 Å². The molecule has 21 heavy (non-hydrogen) atoms. The van der Waals surface area contributed by atoms with Gasteiger partial charge in [0.25, 0.3) is 0 Å². The maximum Gasteiger partial charge on any atom is 0.188 e. The second kappa shape index (κ2) is 9.02. The summed E-state index contributed by atoms with van der Waals surface area (Å²) in [5.41, 5.74) is 7.24. The lowest BCUT2D eigenvalue weighted by Crippen LogP contribution is -2.39. The van der Waals surface area contributed by atoms with E-state index in [0.717, 1.165) is 52.4 Å². The lowest BCUT2D eigenvalue weighted by Gasteiger charge is -2.26. The van der Waals surface area contributed by atoms with Crippen LogP contribution in [0.2, 0.25) is 0 Å². The zero-order valence-corrected chi connectivity index (χ0v) is 13.6. The Hall–Kier alpha value is -1.11. The Kier molecular flexibility index (Phi) is 6.99. The van der Waals surface area contributed by atoms with E-state index in [-0.39, 0.29) is 0 Å². The number of hydrogen-bond donors (Lipinski definition) is 2. The van der Waals surface area contributed by atoms with Gasteiger partial charge in [0, 0.05) is 32.1 Å². The number of hydrogen-bond acceptors (Lipinski definition) is 4. The predicted molar refractivity (Wildman–Crippen MR) is 89.1 cm³/mol. The van der Waals surface area contributed by atoms with Crippen LogP contribution in [0.1, 0.15) is 24.8 Å². The smallest absolute Gasteiger partial charge is 0.188 e. The van der Waals surface area contributed by atoms with Gasteiger partial charge in [-0.1, -0.05) is 6.92 Å². The van der Waals surface area contributed by atoms with Crippen LogP contribution >= 0.6 is 11.3 Å². The van der Waals surface area contributed by atoms with E-state index >= 15 is 0 Å². The third-order valence-electron chi connectivity index (χ3n) is 3.71. The first-order valence-electron chi connectivity index (χ1n) is 7.61. The van der Waals surface area contributed by atoms with Crippen molar-refractivity contribution in [1.29, 1.82) is 0 Å². The summed E-state index contributed by atoms with van der Waals surface area (Å²) in [5, 5.41) is 7.47. The molecule has 6 heteroatoms. The first-order valence-corrected chi connectivity index (χ1v) is 8.56. The Balaban J connectivity index is 1.58. The monoisotopic (exact) mass is 310 g/mol. The molecule has 0 aliphatic carbocycles. The van der Waals surface area contributed by atoms with Crippen LogP contribution in [-0.2, 0) is 4.74 Å². The van der Waals surface area contributed by atoms with Crippen LogP contribution in [-0.4, -0.2) is 56.8 Å². The van der Waals surface area contributed by atoms with Crippen LogP contribution in [0.5, 0.6) is 0 Å². The number of thiophene rings is 1. The van der Waals surface area contributed by atoms with E-state index in [2.05, 4.69) is 39.0 Å². The topological polar surface area (TPSA) is 62.9 Å². The Morgan fingerprint density at radius 2 is 2.33 bits per heavy atom. The van der Waals surface area contributed by atoms with Crippen LogP contribution in [0.4, 0.5) is 0 Å². The van der Waals surface area contributed by atoms with Crippen LogP contribution in [0.3, 0.4) is 0 Å². The molecule has 0 aromatic carbocycles. The van der Waals surface area contributed by atoms with Crippen molar-refractivity contribution in [2.75, 3.05) is 45.9 Å². The number of nitrogens with one attached hydrogen (secondary N) is 1. The molecule has 2 rings (SSSR count). The maximum absolute atomic E-state index is 5.90. The number of nitrogens with two attached hydrogens (primary N) is 1. The fourth-order valence-electron chi connectivity index (χ4n) is 2.30. The second-order valence-electron chi connectivity index (χ2n) is 5.42. The molecule has 0 spiro atoms. The fourth-order valence-corrected chi connectivity index (χ4v) is 3.08. The van der Waals surface area contributed by atoms with Gasteiger partial charge in [0.1, 0.15) is 0 Å². The lowest BCUT2D eigenvalue weighted by atomic mass is 10.1. The van der Waals surface area contributed by atoms with Crippen LogP contribution < -0.4 is 11.1 Å². The van der Waals surface area contributed by atoms with Gasteiger partial charge in [-0.25, -0.2) is 0 Å². The number of aliphatic imine (C=N–C) groups is 1. The van der Waals surface area contributed by atoms with E-state index in [1.807, 2.05) is 0 Å². The highest BCUT2D eigenvalue weighted by Gasteiger charge is 2.09. The molecule has 1 aliphatic rings. The second-order valence-corrected chi connectivity index (χ2v) is 6.20. The third kappa shape index (κ3) is 6.03.